The first-order chi connectivity index (χ1) is 5.04. The maximum Gasteiger partial charge on any atom is 0.341 e. The molecule has 0 radical (unpaired) electrons. The third-order valence-corrected chi connectivity index (χ3v) is 1.56. The van der Waals surface area contributed by atoms with Crippen molar-refractivity contribution in [2.75, 3.05) is 13.1 Å². The van der Waals surface area contributed by atoms with Gasteiger partial charge in [0.05, 0.1) is 6.10 Å². The van der Waals surface area contributed by atoms with Gasteiger partial charge in [-0.3, -0.25) is 0 Å². The molecule has 0 aromatic rings. The molecular formula is C7H13NO3. The van der Waals surface area contributed by atoms with Gasteiger partial charge >= 0.3 is 5.97 Å². The third-order valence-electron chi connectivity index (χ3n) is 1.56. The molecule has 1 fully saturated rings. The smallest absolute Gasteiger partial charge is 0.341 e. The molecule has 1 aliphatic rings. The maximum atomic E-state index is 11.0. The Morgan fingerprint density at radius 2 is 2.18 bits per heavy atom. The topological polar surface area (TPSA) is 58.6 Å². The van der Waals surface area contributed by atoms with Crippen molar-refractivity contribution < 1.29 is 14.6 Å². The highest BCUT2D eigenvalue weighted by Gasteiger charge is 2.44. The van der Waals surface area contributed by atoms with Crippen LogP contribution in [0.2, 0.25) is 0 Å². The first-order valence-electron chi connectivity index (χ1n) is 3.69. The molecule has 11 heavy (non-hydrogen) atoms. The number of nitrogens with one attached hydrogen (secondary N) is 1. The molecule has 0 spiro atoms. The van der Waals surface area contributed by atoms with Gasteiger partial charge in [-0.2, -0.15) is 0 Å². The van der Waals surface area contributed by atoms with Crippen molar-refractivity contribution in [3.8, 4) is 0 Å². The Kier molecular flexibility index (Phi) is 2.15. The third kappa shape index (κ3) is 1.70. The van der Waals surface area contributed by atoms with E-state index in [1.165, 1.54) is 0 Å². The van der Waals surface area contributed by atoms with Gasteiger partial charge < -0.3 is 15.2 Å². The summed E-state index contributed by atoms with van der Waals surface area (Å²) in [5.41, 5.74) is -1.26. The molecule has 64 valence electrons. The summed E-state index contributed by atoms with van der Waals surface area (Å²) < 4.78 is 4.83. The second kappa shape index (κ2) is 2.79. The predicted octanol–water partition coefficient (Wildman–Crippen LogP) is -0.728. The minimum absolute atomic E-state index is 0.160. The SMILES string of the molecule is CC(C)OC(=O)C1(O)CNC1. The number of esters is 1. The fourth-order valence-electron chi connectivity index (χ4n) is 0.830. The van der Waals surface area contributed by atoms with E-state index < -0.39 is 11.6 Å². The van der Waals surface area contributed by atoms with Crippen LogP contribution in [0.3, 0.4) is 0 Å². The Morgan fingerprint density at radius 3 is 2.45 bits per heavy atom. The molecule has 0 atom stereocenters. The van der Waals surface area contributed by atoms with Crippen LogP contribution < -0.4 is 5.32 Å². The summed E-state index contributed by atoms with van der Waals surface area (Å²) >= 11 is 0. The van der Waals surface area contributed by atoms with Gasteiger partial charge in [-0.15, -0.1) is 0 Å². The second-order valence-corrected chi connectivity index (χ2v) is 3.09. The van der Waals surface area contributed by atoms with Crippen molar-refractivity contribution in [3.05, 3.63) is 0 Å². The van der Waals surface area contributed by atoms with Crippen molar-refractivity contribution in [1.82, 2.24) is 5.32 Å². The number of β-amino-alcohol motifs (C(OH)–C–C–N with tert-alkyl or cyclic N) is 1. The summed E-state index contributed by atoms with van der Waals surface area (Å²) in [5, 5.41) is 12.2. The van der Waals surface area contributed by atoms with Crippen LogP contribution in [0.15, 0.2) is 0 Å². The lowest BCUT2D eigenvalue weighted by atomic mass is 9.98. The summed E-state index contributed by atoms with van der Waals surface area (Å²) in [6.07, 6.45) is -0.160. The lowest BCUT2D eigenvalue weighted by molar-refractivity contribution is -0.174. The Bertz CT molecular complexity index is 163. The molecule has 0 amide bonds. The van der Waals surface area contributed by atoms with E-state index in [-0.39, 0.29) is 6.10 Å². The van der Waals surface area contributed by atoms with Gasteiger partial charge in [-0.1, -0.05) is 0 Å². The van der Waals surface area contributed by atoms with Gasteiger partial charge in [-0.05, 0) is 13.8 Å². The molecular weight excluding hydrogens is 146 g/mol. The number of ether oxygens (including phenoxy) is 1. The van der Waals surface area contributed by atoms with E-state index in [0.717, 1.165) is 0 Å². The van der Waals surface area contributed by atoms with Gasteiger partial charge in [0.25, 0.3) is 0 Å². The molecule has 0 saturated carbocycles. The average Bonchev–Trinajstić information content (AvgIpc) is 1.81. The van der Waals surface area contributed by atoms with Crippen molar-refractivity contribution in [3.63, 3.8) is 0 Å². The zero-order valence-electron chi connectivity index (χ0n) is 6.76. The first kappa shape index (κ1) is 8.49. The molecule has 0 bridgehead atoms. The van der Waals surface area contributed by atoms with Gasteiger partial charge in [0.15, 0.2) is 5.60 Å². The van der Waals surface area contributed by atoms with Crippen molar-refractivity contribution in [2.45, 2.75) is 25.6 Å². The van der Waals surface area contributed by atoms with Crippen LogP contribution in [-0.2, 0) is 9.53 Å². The molecule has 0 aromatic carbocycles. The Morgan fingerprint density at radius 1 is 1.64 bits per heavy atom. The van der Waals surface area contributed by atoms with Crippen LogP contribution in [0, 0.1) is 0 Å². The van der Waals surface area contributed by atoms with E-state index in [2.05, 4.69) is 5.32 Å². The lowest BCUT2D eigenvalue weighted by Gasteiger charge is -2.35. The van der Waals surface area contributed by atoms with Crippen LogP contribution in [0.1, 0.15) is 13.8 Å². The Hall–Kier alpha value is -0.610. The summed E-state index contributed by atoms with van der Waals surface area (Å²) in [6.45, 7) is 4.12. The fraction of sp³-hybridized carbons (Fsp3) is 0.857. The fourth-order valence-corrected chi connectivity index (χ4v) is 0.830. The zero-order valence-corrected chi connectivity index (χ0v) is 6.76. The quantitative estimate of drug-likeness (QED) is 0.522. The highest BCUT2D eigenvalue weighted by molar-refractivity contribution is 5.81. The average molecular weight is 159 g/mol. The Balaban J connectivity index is 2.40. The van der Waals surface area contributed by atoms with Crippen LogP contribution in [0.25, 0.3) is 0 Å². The molecule has 1 heterocycles. The molecule has 1 rings (SSSR count). The van der Waals surface area contributed by atoms with Crippen LogP contribution in [0.5, 0.6) is 0 Å². The van der Waals surface area contributed by atoms with Crippen molar-refractivity contribution in [2.24, 2.45) is 0 Å². The monoisotopic (exact) mass is 159 g/mol. The van der Waals surface area contributed by atoms with Crippen LogP contribution in [0.4, 0.5) is 0 Å². The van der Waals surface area contributed by atoms with E-state index in [1.54, 1.807) is 13.8 Å². The van der Waals surface area contributed by atoms with E-state index >= 15 is 0 Å². The van der Waals surface area contributed by atoms with Gasteiger partial charge in [-0.25, -0.2) is 4.79 Å². The molecule has 0 aromatic heterocycles. The number of hydrogen-bond acceptors (Lipinski definition) is 4. The molecule has 2 N–H and O–H groups in total. The largest absolute Gasteiger partial charge is 0.461 e. The van der Waals surface area contributed by atoms with E-state index in [0.29, 0.717) is 13.1 Å². The molecule has 4 nitrogen and oxygen atoms in total. The summed E-state index contributed by atoms with van der Waals surface area (Å²) in [6, 6.07) is 0. The van der Waals surface area contributed by atoms with E-state index in [9.17, 15) is 9.90 Å². The number of carbonyl (C=O) groups excluding carboxylic acids is 1. The van der Waals surface area contributed by atoms with Gasteiger partial charge in [0.1, 0.15) is 0 Å². The first-order valence-corrected chi connectivity index (χ1v) is 3.69. The van der Waals surface area contributed by atoms with Crippen LogP contribution >= 0.6 is 0 Å². The minimum Gasteiger partial charge on any atom is -0.461 e. The van der Waals surface area contributed by atoms with E-state index in [4.69, 9.17) is 4.74 Å². The van der Waals surface area contributed by atoms with E-state index in [1.807, 2.05) is 0 Å². The highest BCUT2D eigenvalue weighted by Crippen LogP contribution is 2.13. The van der Waals surface area contributed by atoms with Crippen LogP contribution in [-0.4, -0.2) is 35.9 Å². The van der Waals surface area contributed by atoms with Gasteiger partial charge in [0, 0.05) is 13.1 Å². The molecule has 0 unspecified atom stereocenters. The van der Waals surface area contributed by atoms with Gasteiger partial charge in [0.2, 0.25) is 0 Å². The number of hydrogen-bond donors (Lipinski definition) is 2. The molecule has 4 heteroatoms. The summed E-state index contributed by atoms with van der Waals surface area (Å²) in [7, 11) is 0. The van der Waals surface area contributed by atoms with Crippen molar-refractivity contribution in [1.29, 1.82) is 0 Å². The summed E-state index contributed by atoms with van der Waals surface area (Å²) in [5.74, 6) is -0.522. The highest BCUT2D eigenvalue weighted by atomic mass is 16.6. The summed E-state index contributed by atoms with van der Waals surface area (Å²) in [4.78, 5) is 11.0. The number of aliphatic hydroxyl groups is 1. The number of rotatable bonds is 2. The number of carbonyl (C=O) groups is 1. The maximum absolute atomic E-state index is 11.0. The zero-order chi connectivity index (χ0) is 8.48. The second-order valence-electron chi connectivity index (χ2n) is 3.09. The minimum atomic E-state index is -1.26. The lowest BCUT2D eigenvalue weighted by Crippen LogP contribution is -2.65. The molecule has 1 saturated heterocycles. The Labute approximate surface area is 65.5 Å². The normalized spacial score (nSPS) is 21.1. The molecule has 0 aliphatic carbocycles. The van der Waals surface area contributed by atoms with Crippen molar-refractivity contribution >= 4 is 5.97 Å². The predicted molar refractivity (Wildman–Crippen MR) is 39.0 cm³/mol. The molecule has 1 aliphatic heterocycles. The standard InChI is InChI=1S/C7H13NO3/c1-5(2)11-6(9)7(10)3-8-4-7/h5,8,10H,3-4H2,1-2H3.